The van der Waals surface area contributed by atoms with Crippen LogP contribution in [0.2, 0.25) is 0 Å². The van der Waals surface area contributed by atoms with Crippen LogP contribution in [0.4, 0.5) is 22.1 Å². The van der Waals surface area contributed by atoms with Crippen LogP contribution in [0.1, 0.15) is 5.56 Å². The van der Waals surface area contributed by atoms with Crippen LogP contribution in [0.5, 0.6) is 0 Å². The van der Waals surface area contributed by atoms with Crippen LogP contribution in [0.3, 0.4) is 0 Å². The normalized spacial score (nSPS) is 10.8. The Morgan fingerprint density at radius 2 is 1.91 bits per heavy atom. The summed E-state index contributed by atoms with van der Waals surface area (Å²) in [4.78, 5) is 17.3. The summed E-state index contributed by atoms with van der Waals surface area (Å²) in [6.07, 6.45) is -1.09. The van der Waals surface area contributed by atoms with Gasteiger partial charge in [-0.15, -0.1) is 0 Å². The fourth-order valence-corrected chi connectivity index (χ4v) is 2.41. The van der Waals surface area contributed by atoms with Gasteiger partial charge in [0.2, 0.25) is 5.95 Å². The van der Waals surface area contributed by atoms with Gasteiger partial charge in [0.25, 0.3) is 0 Å². The number of hydrogen-bond donors (Lipinski definition) is 2. The van der Waals surface area contributed by atoms with Crippen molar-refractivity contribution in [2.75, 3.05) is 10.6 Å². The third-order valence-corrected chi connectivity index (χ3v) is 3.56. The molecule has 0 bridgehead atoms. The van der Waals surface area contributed by atoms with Crippen molar-refractivity contribution in [1.29, 1.82) is 0 Å². The third-order valence-electron chi connectivity index (χ3n) is 3.56. The van der Waals surface area contributed by atoms with Gasteiger partial charge in [-0.25, -0.2) is 14.7 Å². The van der Waals surface area contributed by atoms with Crippen LogP contribution in [-0.4, -0.2) is 20.8 Å². The predicted molar refractivity (Wildman–Crippen MR) is 86.5 cm³/mol. The van der Waals surface area contributed by atoms with Crippen LogP contribution in [-0.2, 0) is 7.05 Å². The van der Waals surface area contributed by atoms with E-state index in [1.54, 1.807) is 35.9 Å². The molecule has 6 heteroatoms. The summed E-state index contributed by atoms with van der Waals surface area (Å²) in [5.41, 5.74) is 9.45. The first-order valence-electron chi connectivity index (χ1n) is 6.79. The molecule has 0 aliphatic rings. The van der Waals surface area contributed by atoms with Crippen molar-refractivity contribution in [2.45, 2.75) is 6.92 Å². The lowest BCUT2D eigenvalue weighted by Gasteiger charge is -2.18. The Labute approximate surface area is 127 Å². The van der Waals surface area contributed by atoms with E-state index in [1.165, 1.54) is 0 Å². The molecule has 0 atom stereocenters. The van der Waals surface area contributed by atoms with Gasteiger partial charge in [-0.2, -0.15) is 0 Å². The molecule has 0 unspecified atom stereocenters. The fraction of sp³-hybridized carbons (Fsp3) is 0.125. The van der Waals surface area contributed by atoms with Gasteiger partial charge in [-0.05, 0) is 37.3 Å². The van der Waals surface area contributed by atoms with Gasteiger partial charge in [0, 0.05) is 12.7 Å². The first-order valence-corrected chi connectivity index (χ1v) is 6.79. The van der Waals surface area contributed by atoms with Crippen molar-refractivity contribution in [3.8, 4) is 0 Å². The van der Waals surface area contributed by atoms with Crippen molar-refractivity contribution in [2.24, 2.45) is 7.05 Å². The Hall–Kier alpha value is -3.02. The lowest BCUT2D eigenvalue weighted by Crippen LogP contribution is -2.26. The number of anilines is 3. The minimum Gasteiger partial charge on any atom is -0.464 e. The van der Waals surface area contributed by atoms with Crippen LogP contribution in [0, 0.1) is 6.92 Å². The average molecular weight is 296 g/mol. The van der Waals surface area contributed by atoms with E-state index in [1.807, 2.05) is 25.1 Å². The monoisotopic (exact) mass is 296 g/mol. The van der Waals surface area contributed by atoms with Crippen LogP contribution in [0.15, 0.2) is 42.5 Å². The van der Waals surface area contributed by atoms with E-state index in [9.17, 15) is 9.90 Å². The molecule has 1 heterocycles. The molecule has 22 heavy (non-hydrogen) atoms. The molecule has 0 spiro atoms. The number of nitrogen functional groups attached to an aromatic ring is 1. The number of rotatable bonds is 2. The fourth-order valence-electron chi connectivity index (χ4n) is 2.41. The second-order valence-corrected chi connectivity index (χ2v) is 5.17. The van der Waals surface area contributed by atoms with E-state index in [4.69, 9.17) is 5.73 Å². The number of carbonyl (C=O) groups is 1. The molecule has 112 valence electrons. The van der Waals surface area contributed by atoms with E-state index < -0.39 is 6.09 Å². The van der Waals surface area contributed by atoms with Gasteiger partial charge < -0.3 is 15.4 Å². The summed E-state index contributed by atoms with van der Waals surface area (Å²) >= 11 is 0. The number of nitrogens with two attached hydrogens (primary N) is 1. The Morgan fingerprint density at radius 1 is 1.23 bits per heavy atom. The SMILES string of the molecule is Cc1ccc(N(C(=O)O)c2nc3cc(N)ccc3n2C)cc1. The molecule has 0 saturated carbocycles. The lowest BCUT2D eigenvalue weighted by molar-refractivity contribution is 0.204. The number of aromatic nitrogens is 2. The van der Waals surface area contributed by atoms with Crippen molar-refractivity contribution >= 4 is 34.4 Å². The van der Waals surface area contributed by atoms with Crippen LogP contribution in [0.25, 0.3) is 11.0 Å². The lowest BCUT2D eigenvalue weighted by atomic mass is 10.2. The van der Waals surface area contributed by atoms with Crippen molar-refractivity contribution in [3.05, 3.63) is 48.0 Å². The molecule has 6 nitrogen and oxygen atoms in total. The van der Waals surface area contributed by atoms with Gasteiger partial charge >= 0.3 is 6.09 Å². The Morgan fingerprint density at radius 3 is 2.55 bits per heavy atom. The third kappa shape index (κ3) is 2.24. The maximum Gasteiger partial charge on any atom is 0.418 e. The van der Waals surface area contributed by atoms with E-state index in [0.717, 1.165) is 16.0 Å². The molecule has 3 rings (SSSR count). The van der Waals surface area contributed by atoms with E-state index in [0.29, 0.717) is 22.8 Å². The highest BCUT2D eigenvalue weighted by molar-refractivity contribution is 5.95. The molecule has 1 amide bonds. The molecule has 0 saturated heterocycles. The van der Waals surface area contributed by atoms with E-state index in [2.05, 4.69) is 4.98 Å². The molecule has 3 aromatic rings. The highest BCUT2D eigenvalue weighted by Crippen LogP contribution is 2.29. The zero-order valence-electron chi connectivity index (χ0n) is 12.3. The summed E-state index contributed by atoms with van der Waals surface area (Å²) in [7, 11) is 1.78. The Bertz CT molecular complexity index is 852. The molecule has 0 aliphatic heterocycles. The Kier molecular flexibility index (Phi) is 3.21. The number of amides is 1. The molecule has 0 radical (unpaired) electrons. The molecule has 2 aromatic carbocycles. The van der Waals surface area contributed by atoms with Crippen LogP contribution >= 0.6 is 0 Å². The van der Waals surface area contributed by atoms with Gasteiger partial charge in [0.05, 0.1) is 16.7 Å². The zero-order chi connectivity index (χ0) is 15.9. The first kappa shape index (κ1) is 13.9. The van der Waals surface area contributed by atoms with Gasteiger partial charge in [-0.3, -0.25) is 0 Å². The largest absolute Gasteiger partial charge is 0.464 e. The van der Waals surface area contributed by atoms with Crippen LogP contribution < -0.4 is 10.6 Å². The predicted octanol–water partition coefficient (Wildman–Crippen LogP) is 3.28. The van der Waals surface area contributed by atoms with E-state index in [-0.39, 0.29) is 0 Å². The topological polar surface area (TPSA) is 84.4 Å². The smallest absolute Gasteiger partial charge is 0.418 e. The molecular formula is C16H16N4O2. The Balaban J connectivity index is 2.19. The number of hydrogen-bond acceptors (Lipinski definition) is 3. The van der Waals surface area contributed by atoms with Crippen molar-refractivity contribution < 1.29 is 9.90 Å². The maximum absolute atomic E-state index is 11.7. The quantitative estimate of drug-likeness (QED) is 0.711. The molecule has 0 fully saturated rings. The number of carboxylic acid groups (broad SMARTS) is 1. The zero-order valence-corrected chi connectivity index (χ0v) is 12.3. The second-order valence-electron chi connectivity index (χ2n) is 5.17. The summed E-state index contributed by atoms with van der Waals surface area (Å²) in [6.45, 7) is 1.95. The van der Waals surface area contributed by atoms with Crippen molar-refractivity contribution in [1.82, 2.24) is 9.55 Å². The maximum atomic E-state index is 11.7. The summed E-state index contributed by atoms with van der Waals surface area (Å²) in [5, 5.41) is 9.60. The summed E-state index contributed by atoms with van der Waals surface area (Å²) in [5.74, 6) is 0.331. The summed E-state index contributed by atoms with van der Waals surface area (Å²) < 4.78 is 1.74. The van der Waals surface area contributed by atoms with Gasteiger partial charge in [-0.1, -0.05) is 17.7 Å². The van der Waals surface area contributed by atoms with E-state index >= 15 is 0 Å². The number of benzene rings is 2. The minimum absolute atomic E-state index is 0.331. The molecule has 3 N–H and O–H groups in total. The average Bonchev–Trinajstić information content (AvgIpc) is 2.77. The number of fused-ring (bicyclic) bond motifs is 1. The molecule has 0 aliphatic carbocycles. The summed E-state index contributed by atoms with van der Waals surface area (Å²) in [6, 6.07) is 12.6. The highest BCUT2D eigenvalue weighted by atomic mass is 16.4. The standard InChI is InChI=1S/C16H16N4O2/c1-10-3-6-12(7-4-10)20(16(21)22)15-18-13-9-11(17)5-8-14(13)19(15)2/h3-9H,17H2,1-2H3,(H,21,22). The molecule has 1 aromatic heterocycles. The first-order chi connectivity index (χ1) is 10.5. The van der Waals surface area contributed by atoms with Crippen molar-refractivity contribution in [3.63, 3.8) is 0 Å². The van der Waals surface area contributed by atoms with Gasteiger partial charge in [0.1, 0.15) is 0 Å². The number of imidazole rings is 1. The number of nitrogens with zero attached hydrogens (tertiary/aromatic N) is 3. The molecular weight excluding hydrogens is 280 g/mol. The minimum atomic E-state index is -1.09. The van der Waals surface area contributed by atoms with Gasteiger partial charge in [0.15, 0.2) is 0 Å². The second kappa shape index (κ2) is 5.07. The highest BCUT2D eigenvalue weighted by Gasteiger charge is 2.22. The number of aryl methyl sites for hydroxylation is 2.